The number of fused-ring (bicyclic) bond motifs is 1. The molecular formula is C15H21N3O2S. The van der Waals surface area contributed by atoms with Gasteiger partial charge < -0.3 is 10.3 Å². The van der Waals surface area contributed by atoms with Gasteiger partial charge in [0, 0.05) is 19.5 Å². The summed E-state index contributed by atoms with van der Waals surface area (Å²) in [6.07, 6.45) is 0.830. The molecule has 0 amide bonds. The van der Waals surface area contributed by atoms with Crippen LogP contribution in [-0.4, -0.2) is 36.7 Å². The summed E-state index contributed by atoms with van der Waals surface area (Å²) < 4.78 is 24.8. The fourth-order valence-electron chi connectivity index (χ4n) is 2.48. The van der Waals surface area contributed by atoms with Gasteiger partial charge in [0.2, 0.25) is 0 Å². The second-order valence-electron chi connectivity index (χ2n) is 6.93. The van der Waals surface area contributed by atoms with E-state index >= 15 is 0 Å². The number of imidazole rings is 1. The van der Waals surface area contributed by atoms with Gasteiger partial charge in [-0.2, -0.15) is 0 Å². The van der Waals surface area contributed by atoms with Gasteiger partial charge >= 0.3 is 0 Å². The molecule has 5 nitrogen and oxygen atoms in total. The largest absolute Gasteiger partial charge is 0.342 e. The number of nitrogens with zero attached hydrogens (tertiary/aromatic N) is 1. The lowest BCUT2D eigenvalue weighted by atomic mass is 9.92. The van der Waals surface area contributed by atoms with E-state index in [0.29, 0.717) is 18.0 Å². The average molecular weight is 307 g/mol. The predicted molar refractivity (Wildman–Crippen MR) is 83.1 cm³/mol. The maximum absolute atomic E-state index is 12.4. The van der Waals surface area contributed by atoms with Gasteiger partial charge in [0.15, 0.2) is 9.84 Å². The van der Waals surface area contributed by atoms with Gasteiger partial charge in [0.25, 0.3) is 0 Å². The van der Waals surface area contributed by atoms with E-state index in [1.807, 2.05) is 0 Å². The molecule has 1 aliphatic heterocycles. The Morgan fingerprint density at radius 3 is 2.57 bits per heavy atom. The fraction of sp³-hybridized carbons (Fsp3) is 0.533. The van der Waals surface area contributed by atoms with Gasteiger partial charge in [-0.1, -0.05) is 20.8 Å². The van der Waals surface area contributed by atoms with Crippen LogP contribution in [-0.2, 0) is 16.3 Å². The Labute approximate surface area is 125 Å². The van der Waals surface area contributed by atoms with Crippen molar-refractivity contribution in [2.24, 2.45) is 5.41 Å². The molecule has 1 fully saturated rings. The Balaban J connectivity index is 1.97. The molecule has 1 aliphatic rings. The molecule has 2 aromatic rings. The van der Waals surface area contributed by atoms with Crippen molar-refractivity contribution in [3.8, 4) is 0 Å². The number of sulfone groups is 1. The smallest absolute Gasteiger partial charge is 0.183 e. The van der Waals surface area contributed by atoms with Crippen LogP contribution in [0.25, 0.3) is 11.0 Å². The molecule has 1 aromatic carbocycles. The number of aromatic nitrogens is 2. The van der Waals surface area contributed by atoms with E-state index in [-0.39, 0.29) is 10.7 Å². The molecule has 0 spiro atoms. The van der Waals surface area contributed by atoms with Crippen molar-refractivity contribution >= 4 is 20.9 Å². The summed E-state index contributed by atoms with van der Waals surface area (Å²) in [5.74, 6) is 0.900. The summed E-state index contributed by atoms with van der Waals surface area (Å²) in [4.78, 5) is 8.17. The standard InChI is InChI=1S/C15H21N3O2S/c1-15(2,3)7-14-17-12-5-4-10(6-13(12)18-14)21(19,20)11-8-16-9-11/h4-6,11,16H,7-9H2,1-3H3,(H,17,18). The lowest BCUT2D eigenvalue weighted by Crippen LogP contribution is -2.51. The zero-order valence-electron chi connectivity index (χ0n) is 12.6. The Hall–Kier alpha value is -1.40. The van der Waals surface area contributed by atoms with Crippen molar-refractivity contribution in [1.29, 1.82) is 0 Å². The number of hydrogen-bond acceptors (Lipinski definition) is 4. The van der Waals surface area contributed by atoms with Crippen molar-refractivity contribution in [3.05, 3.63) is 24.0 Å². The highest BCUT2D eigenvalue weighted by Crippen LogP contribution is 2.25. The SMILES string of the molecule is CC(C)(C)Cc1nc2ccc(S(=O)(=O)C3CNC3)cc2[nH]1. The van der Waals surface area contributed by atoms with Gasteiger partial charge in [0.1, 0.15) is 5.82 Å². The summed E-state index contributed by atoms with van der Waals surface area (Å²) >= 11 is 0. The second-order valence-corrected chi connectivity index (χ2v) is 9.15. The zero-order valence-corrected chi connectivity index (χ0v) is 13.4. The van der Waals surface area contributed by atoms with Gasteiger partial charge in [-0.15, -0.1) is 0 Å². The molecule has 0 radical (unpaired) electrons. The summed E-state index contributed by atoms with van der Waals surface area (Å²) in [7, 11) is -3.23. The monoisotopic (exact) mass is 307 g/mol. The topological polar surface area (TPSA) is 74.8 Å². The van der Waals surface area contributed by atoms with Crippen LogP contribution in [0.3, 0.4) is 0 Å². The Kier molecular flexibility index (Phi) is 3.33. The minimum Gasteiger partial charge on any atom is -0.342 e. The van der Waals surface area contributed by atoms with E-state index in [4.69, 9.17) is 0 Å². The van der Waals surface area contributed by atoms with Gasteiger partial charge in [0.05, 0.1) is 21.2 Å². The lowest BCUT2D eigenvalue weighted by Gasteiger charge is -2.26. The van der Waals surface area contributed by atoms with E-state index < -0.39 is 9.84 Å². The van der Waals surface area contributed by atoms with Crippen LogP contribution < -0.4 is 5.32 Å². The molecule has 0 atom stereocenters. The maximum Gasteiger partial charge on any atom is 0.183 e. The average Bonchev–Trinajstić information content (AvgIpc) is 2.63. The summed E-state index contributed by atoms with van der Waals surface area (Å²) in [6, 6.07) is 5.16. The van der Waals surface area contributed by atoms with Crippen LogP contribution in [0.1, 0.15) is 26.6 Å². The molecule has 1 aromatic heterocycles. The molecule has 0 saturated carbocycles. The van der Waals surface area contributed by atoms with Gasteiger partial charge in [-0.05, 0) is 23.6 Å². The van der Waals surface area contributed by atoms with Crippen molar-refractivity contribution in [2.75, 3.05) is 13.1 Å². The van der Waals surface area contributed by atoms with Crippen LogP contribution in [0.5, 0.6) is 0 Å². The third-order valence-electron chi connectivity index (χ3n) is 3.71. The third-order valence-corrected chi connectivity index (χ3v) is 5.83. The highest BCUT2D eigenvalue weighted by molar-refractivity contribution is 7.92. The van der Waals surface area contributed by atoms with E-state index in [1.165, 1.54) is 0 Å². The van der Waals surface area contributed by atoms with Crippen LogP contribution in [0.4, 0.5) is 0 Å². The Bertz CT molecular complexity index is 768. The summed E-state index contributed by atoms with van der Waals surface area (Å²) in [5, 5.41) is 2.71. The summed E-state index contributed by atoms with van der Waals surface area (Å²) in [6.45, 7) is 7.54. The number of hydrogen-bond donors (Lipinski definition) is 2. The number of nitrogens with one attached hydrogen (secondary N) is 2. The molecule has 3 rings (SSSR count). The molecule has 0 bridgehead atoms. The lowest BCUT2D eigenvalue weighted by molar-refractivity contribution is 0.402. The Morgan fingerprint density at radius 1 is 1.29 bits per heavy atom. The first kappa shape index (κ1) is 14.5. The Morgan fingerprint density at radius 2 is 2.00 bits per heavy atom. The van der Waals surface area contributed by atoms with Crippen molar-refractivity contribution in [3.63, 3.8) is 0 Å². The van der Waals surface area contributed by atoms with Crippen molar-refractivity contribution in [2.45, 2.75) is 37.3 Å². The number of H-pyrrole nitrogens is 1. The predicted octanol–water partition coefficient (Wildman–Crippen LogP) is 1.90. The van der Waals surface area contributed by atoms with Crippen LogP contribution in [0.15, 0.2) is 23.1 Å². The van der Waals surface area contributed by atoms with Crippen LogP contribution >= 0.6 is 0 Å². The molecule has 2 N–H and O–H groups in total. The highest BCUT2D eigenvalue weighted by atomic mass is 32.2. The van der Waals surface area contributed by atoms with Gasteiger partial charge in [-0.3, -0.25) is 0 Å². The molecule has 6 heteroatoms. The quantitative estimate of drug-likeness (QED) is 0.908. The maximum atomic E-state index is 12.4. The highest BCUT2D eigenvalue weighted by Gasteiger charge is 2.32. The normalized spacial score (nSPS) is 17.1. The van der Waals surface area contributed by atoms with E-state index in [0.717, 1.165) is 23.3 Å². The zero-order chi connectivity index (χ0) is 15.3. The first-order chi connectivity index (χ1) is 9.75. The first-order valence-electron chi connectivity index (χ1n) is 7.19. The number of benzene rings is 1. The van der Waals surface area contributed by atoms with Crippen LogP contribution in [0.2, 0.25) is 0 Å². The molecule has 21 heavy (non-hydrogen) atoms. The van der Waals surface area contributed by atoms with Crippen LogP contribution in [0, 0.1) is 5.41 Å². The summed E-state index contributed by atoms with van der Waals surface area (Å²) in [5.41, 5.74) is 1.75. The number of rotatable bonds is 3. The van der Waals surface area contributed by atoms with Crippen molar-refractivity contribution < 1.29 is 8.42 Å². The molecule has 1 saturated heterocycles. The van der Waals surface area contributed by atoms with E-state index in [2.05, 4.69) is 36.1 Å². The second kappa shape index (κ2) is 4.81. The number of aromatic amines is 1. The minimum absolute atomic E-state index is 0.139. The molecule has 114 valence electrons. The van der Waals surface area contributed by atoms with E-state index in [9.17, 15) is 8.42 Å². The molecule has 2 heterocycles. The van der Waals surface area contributed by atoms with E-state index in [1.54, 1.807) is 18.2 Å². The third kappa shape index (κ3) is 2.82. The molecule has 0 unspecified atom stereocenters. The van der Waals surface area contributed by atoms with Gasteiger partial charge in [-0.25, -0.2) is 13.4 Å². The molecular weight excluding hydrogens is 286 g/mol. The molecule has 0 aliphatic carbocycles. The van der Waals surface area contributed by atoms with Crippen molar-refractivity contribution in [1.82, 2.24) is 15.3 Å². The minimum atomic E-state index is -3.23. The first-order valence-corrected chi connectivity index (χ1v) is 8.74. The fourth-order valence-corrected chi connectivity index (χ4v) is 4.08.